The van der Waals surface area contributed by atoms with Gasteiger partial charge in [0.15, 0.2) is 5.16 Å². The number of fused-ring (bicyclic) bond motifs is 1. The monoisotopic (exact) mass is 310 g/mol. The van der Waals surface area contributed by atoms with E-state index in [9.17, 15) is 9.59 Å². The first-order chi connectivity index (χ1) is 9.91. The zero-order chi connectivity index (χ0) is 15.6. The maximum Gasteiger partial charge on any atom is 0.267 e. The zero-order valence-corrected chi connectivity index (χ0v) is 13.5. The van der Waals surface area contributed by atoms with Gasteiger partial charge >= 0.3 is 0 Å². The molecule has 21 heavy (non-hydrogen) atoms. The van der Waals surface area contributed by atoms with E-state index in [1.165, 1.54) is 18.0 Å². The Morgan fingerprint density at radius 3 is 2.95 bits per heavy atom. The van der Waals surface area contributed by atoms with E-state index in [2.05, 4.69) is 18.8 Å². The Kier molecular flexibility index (Phi) is 5.05. The van der Waals surface area contributed by atoms with Crippen LogP contribution in [0.3, 0.4) is 0 Å². The fraction of sp³-hybridized carbons (Fsp3) is 0.643. The summed E-state index contributed by atoms with van der Waals surface area (Å²) in [7, 11) is 1.70. The van der Waals surface area contributed by atoms with Crippen LogP contribution in [0.15, 0.2) is 16.1 Å². The zero-order valence-electron chi connectivity index (χ0n) is 12.7. The second-order valence-corrected chi connectivity index (χ2v) is 6.75. The third-order valence-corrected chi connectivity index (χ3v) is 4.76. The molecule has 2 rings (SSSR count). The summed E-state index contributed by atoms with van der Waals surface area (Å²) in [6.07, 6.45) is 2.11. The fourth-order valence-electron chi connectivity index (χ4n) is 2.15. The Hall–Kier alpha value is -1.34. The van der Waals surface area contributed by atoms with E-state index < -0.39 is 0 Å². The van der Waals surface area contributed by atoms with Gasteiger partial charge < -0.3 is 10.6 Å². The summed E-state index contributed by atoms with van der Waals surface area (Å²) in [6.45, 7) is 5.27. The predicted octanol–water partition coefficient (Wildman–Crippen LogP) is 0.794. The van der Waals surface area contributed by atoms with E-state index in [0.717, 1.165) is 12.2 Å². The molecular formula is C14H22N4O2S. The third kappa shape index (κ3) is 3.47. The van der Waals surface area contributed by atoms with Crippen LogP contribution in [0.25, 0.3) is 0 Å². The molecule has 0 bridgehead atoms. The van der Waals surface area contributed by atoms with Gasteiger partial charge in [0.05, 0.1) is 0 Å². The smallest absolute Gasteiger partial charge is 0.267 e. The lowest BCUT2D eigenvalue weighted by atomic mass is 10.0. The lowest BCUT2D eigenvalue weighted by molar-refractivity contribution is 0.0786. The summed E-state index contributed by atoms with van der Waals surface area (Å²) in [4.78, 5) is 30.4. The molecule has 0 saturated carbocycles. The van der Waals surface area contributed by atoms with Crippen LogP contribution in [0.5, 0.6) is 0 Å². The van der Waals surface area contributed by atoms with Crippen molar-refractivity contribution in [2.45, 2.75) is 38.0 Å². The third-order valence-electron chi connectivity index (χ3n) is 3.79. The molecule has 1 aliphatic heterocycles. The quantitative estimate of drug-likeness (QED) is 0.813. The van der Waals surface area contributed by atoms with Crippen LogP contribution in [0, 0.1) is 5.92 Å². The predicted molar refractivity (Wildman–Crippen MR) is 83.6 cm³/mol. The van der Waals surface area contributed by atoms with Crippen LogP contribution in [0.4, 0.5) is 0 Å². The molecule has 116 valence electrons. The van der Waals surface area contributed by atoms with E-state index >= 15 is 0 Å². The van der Waals surface area contributed by atoms with Crippen molar-refractivity contribution in [2.24, 2.45) is 11.7 Å². The van der Waals surface area contributed by atoms with Gasteiger partial charge in [0.25, 0.3) is 11.5 Å². The Labute approximate surface area is 128 Å². The summed E-state index contributed by atoms with van der Waals surface area (Å²) < 4.78 is 1.57. The van der Waals surface area contributed by atoms with Gasteiger partial charge in [-0.3, -0.25) is 14.2 Å². The summed E-state index contributed by atoms with van der Waals surface area (Å²) in [5, 5.41) is 0.695. The van der Waals surface area contributed by atoms with E-state index in [4.69, 9.17) is 5.73 Å². The van der Waals surface area contributed by atoms with Gasteiger partial charge in [-0.05, 0) is 12.3 Å². The normalized spacial score (nSPS) is 15.1. The molecule has 6 nitrogen and oxygen atoms in total. The first-order valence-electron chi connectivity index (χ1n) is 7.15. The highest BCUT2D eigenvalue weighted by atomic mass is 32.2. The number of carbonyl (C=O) groups excluding carboxylic acids is 1. The van der Waals surface area contributed by atoms with Crippen molar-refractivity contribution in [3.8, 4) is 0 Å². The van der Waals surface area contributed by atoms with Gasteiger partial charge in [-0.15, -0.1) is 0 Å². The van der Waals surface area contributed by atoms with Gasteiger partial charge in [-0.1, -0.05) is 25.6 Å². The lowest BCUT2D eigenvalue weighted by Gasteiger charge is -2.21. The second-order valence-electron chi connectivity index (χ2n) is 5.68. The average molecular weight is 310 g/mol. The lowest BCUT2D eigenvalue weighted by Crippen LogP contribution is -2.38. The van der Waals surface area contributed by atoms with Crippen molar-refractivity contribution >= 4 is 17.7 Å². The van der Waals surface area contributed by atoms with Crippen LogP contribution in [0.2, 0.25) is 0 Å². The highest BCUT2D eigenvalue weighted by Gasteiger charge is 2.22. The molecule has 0 fully saturated rings. The topological polar surface area (TPSA) is 81.2 Å². The minimum absolute atomic E-state index is 0.0518. The number of rotatable bonds is 5. The van der Waals surface area contributed by atoms with Crippen molar-refractivity contribution in [3.63, 3.8) is 0 Å². The highest BCUT2D eigenvalue weighted by Crippen LogP contribution is 2.20. The fourth-order valence-corrected chi connectivity index (χ4v) is 3.06. The molecule has 1 aromatic rings. The minimum atomic E-state index is -0.282. The van der Waals surface area contributed by atoms with Gasteiger partial charge in [0, 0.05) is 38.1 Å². The highest BCUT2D eigenvalue weighted by molar-refractivity contribution is 7.99. The Morgan fingerprint density at radius 1 is 1.57 bits per heavy atom. The van der Waals surface area contributed by atoms with Crippen LogP contribution in [0.1, 0.15) is 30.6 Å². The molecule has 2 N–H and O–H groups in total. The van der Waals surface area contributed by atoms with Crippen LogP contribution in [-0.4, -0.2) is 45.7 Å². The molecule has 0 spiro atoms. The molecule has 2 heterocycles. The first-order valence-corrected chi connectivity index (χ1v) is 8.14. The number of nitrogens with two attached hydrogens (primary N) is 1. The maximum absolute atomic E-state index is 12.4. The number of hydrogen-bond acceptors (Lipinski definition) is 5. The Balaban J connectivity index is 2.08. The first kappa shape index (κ1) is 16.0. The van der Waals surface area contributed by atoms with Crippen molar-refractivity contribution in [3.05, 3.63) is 22.1 Å². The molecule has 1 atom stereocenters. The largest absolute Gasteiger partial charge is 0.341 e. The van der Waals surface area contributed by atoms with Crippen molar-refractivity contribution in [1.82, 2.24) is 14.5 Å². The molecule has 1 amide bonds. The van der Waals surface area contributed by atoms with E-state index in [-0.39, 0.29) is 23.1 Å². The number of hydrogen-bond donors (Lipinski definition) is 1. The summed E-state index contributed by atoms with van der Waals surface area (Å²) in [6, 6.07) is 0.0518. The molecule has 0 aromatic carbocycles. The summed E-state index contributed by atoms with van der Waals surface area (Å²) in [5.41, 5.74) is 5.89. The molecule has 0 radical (unpaired) electrons. The minimum Gasteiger partial charge on any atom is -0.341 e. The van der Waals surface area contributed by atoms with Gasteiger partial charge in [-0.2, -0.15) is 0 Å². The molecule has 1 aromatic heterocycles. The molecular weight excluding hydrogens is 288 g/mol. The van der Waals surface area contributed by atoms with E-state index in [1.807, 2.05) is 0 Å². The Morgan fingerprint density at radius 2 is 2.29 bits per heavy atom. The van der Waals surface area contributed by atoms with Crippen molar-refractivity contribution < 1.29 is 4.79 Å². The molecule has 0 saturated heterocycles. The van der Waals surface area contributed by atoms with Crippen LogP contribution >= 0.6 is 11.8 Å². The van der Waals surface area contributed by atoms with Crippen LogP contribution < -0.4 is 11.3 Å². The van der Waals surface area contributed by atoms with Crippen LogP contribution in [-0.2, 0) is 6.54 Å². The maximum atomic E-state index is 12.4. The number of thioether (sulfide) groups is 1. The van der Waals surface area contributed by atoms with E-state index in [0.29, 0.717) is 24.2 Å². The van der Waals surface area contributed by atoms with Gasteiger partial charge in [0.2, 0.25) is 0 Å². The number of carbonyl (C=O) groups is 1. The van der Waals surface area contributed by atoms with Gasteiger partial charge in [-0.25, -0.2) is 4.98 Å². The Bertz CT molecular complexity index is 585. The molecule has 7 heteroatoms. The standard InChI is InChI=1S/C14H22N4O2S/c1-9(2)11(15)4-5-17(3)12(19)10-8-16-14-18(13(10)20)6-7-21-14/h8-9,11H,4-7,15H2,1-3H3. The number of nitrogens with zero attached hydrogens (tertiary/aromatic N) is 3. The molecule has 1 unspecified atom stereocenters. The SMILES string of the molecule is CC(C)C(N)CCN(C)C(=O)c1cnc2n(c1=O)CCS2. The van der Waals surface area contributed by atoms with Crippen molar-refractivity contribution in [1.29, 1.82) is 0 Å². The van der Waals surface area contributed by atoms with Crippen molar-refractivity contribution in [2.75, 3.05) is 19.3 Å². The van der Waals surface area contributed by atoms with Gasteiger partial charge in [0.1, 0.15) is 5.56 Å². The number of amides is 1. The summed E-state index contributed by atoms with van der Waals surface area (Å²) >= 11 is 1.54. The molecule has 0 aliphatic carbocycles. The average Bonchev–Trinajstić information content (AvgIpc) is 2.93. The van der Waals surface area contributed by atoms with E-state index in [1.54, 1.807) is 16.5 Å². The summed E-state index contributed by atoms with van der Waals surface area (Å²) in [5.74, 6) is 0.923. The second kappa shape index (κ2) is 6.62. The molecule has 1 aliphatic rings. The number of aromatic nitrogens is 2.